The second-order valence-electron chi connectivity index (χ2n) is 5.30. The van der Waals surface area contributed by atoms with Crippen molar-refractivity contribution in [1.82, 2.24) is 14.9 Å². The van der Waals surface area contributed by atoms with E-state index in [0.717, 1.165) is 22.0 Å². The van der Waals surface area contributed by atoms with Gasteiger partial charge in [0.15, 0.2) is 0 Å². The summed E-state index contributed by atoms with van der Waals surface area (Å²) in [4.78, 5) is 34.6. The molecule has 0 saturated carbocycles. The maximum absolute atomic E-state index is 12.0. The fourth-order valence-corrected chi connectivity index (χ4v) is 2.73. The van der Waals surface area contributed by atoms with E-state index in [4.69, 9.17) is 22.6 Å². The Hall–Kier alpha value is -2.59. The van der Waals surface area contributed by atoms with Gasteiger partial charge in [-0.3, -0.25) is 14.4 Å². The van der Waals surface area contributed by atoms with Gasteiger partial charge in [0.1, 0.15) is 5.69 Å². The lowest BCUT2D eigenvalue weighted by Crippen LogP contribution is -2.34. The predicted molar refractivity (Wildman–Crippen MR) is 97.9 cm³/mol. The summed E-state index contributed by atoms with van der Waals surface area (Å²) < 4.78 is 0.755. The average molecular weight is 398 g/mol. The normalized spacial score (nSPS) is 10.5. The summed E-state index contributed by atoms with van der Waals surface area (Å²) in [5.41, 5.74) is 0.753. The molecule has 0 aliphatic carbocycles. The Morgan fingerprint density at radius 3 is 2.77 bits per heavy atom. The minimum Gasteiger partial charge on any atom is -0.481 e. The van der Waals surface area contributed by atoms with Gasteiger partial charge >= 0.3 is 5.97 Å². The van der Waals surface area contributed by atoms with E-state index in [1.165, 1.54) is 0 Å². The first kappa shape index (κ1) is 19.7. The van der Waals surface area contributed by atoms with E-state index in [1.54, 1.807) is 18.2 Å². The number of rotatable bonds is 7. The zero-order valence-corrected chi connectivity index (χ0v) is 15.3. The number of carbonyl (C=O) groups excluding carboxylic acids is 1. The number of carboxylic acids is 1. The van der Waals surface area contributed by atoms with Gasteiger partial charge in [-0.25, -0.2) is 0 Å². The van der Waals surface area contributed by atoms with Crippen LogP contribution in [-0.2, 0) is 16.0 Å². The summed E-state index contributed by atoms with van der Waals surface area (Å²) in [5, 5.41) is 19.4. The van der Waals surface area contributed by atoms with Crippen LogP contribution in [0, 0.1) is 6.92 Å². The molecule has 0 aliphatic heterocycles. The predicted octanol–water partition coefficient (Wildman–Crippen LogP) is 1.06. The van der Waals surface area contributed by atoms with Gasteiger partial charge in [-0.1, -0.05) is 29.4 Å². The number of thioether (sulfide) groups is 1. The fraction of sp³-hybridized carbons (Fsp3) is 0.267. The molecule has 2 rings (SSSR count). The number of hydrogen-bond donors (Lipinski definition) is 3. The maximum Gasteiger partial charge on any atom is 0.303 e. The average Bonchev–Trinajstić information content (AvgIpc) is 2.58. The van der Waals surface area contributed by atoms with Crippen LogP contribution < -0.4 is 16.7 Å². The maximum atomic E-state index is 12.0. The lowest BCUT2D eigenvalue weighted by atomic mass is 10.2. The number of aryl methyl sites for hydroxylation is 2. The molecule has 0 bridgehead atoms. The number of halogens is 1. The van der Waals surface area contributed by atoms with Crippen molar-refractivity contribution in [2.24, 2.45) is 0 Å². The number of nitrogen functional groups attached to an aromatic ring is 1. The first-order valence-electron chi connectivity index (χ1n) is 7.42. The molecule has 1 aromatic carbocycles. The topological polar surface area (TPSA) is 140 Å². The molecule has 1 aromatic heterocycles. The monoisotopic (exact) mass is 397 g/mol. The molecule has 0 aliphatic rings. The first-order valence-corrected chi connectivity index (χ1v) is 8.78. The highest BCUT2D eigenvalue weighted by Gasteiger charge is 2.13. The SMILES string of the molecule is Cc1ccc(NC(=O)CSc2nnc(CCC(=O)O)c(=O)n2N)cc1Cl. The Morgan fingerprint density at radius 1 is 1.38 bits per heavy atom. The van der Waals surface area contributed by atoms with Crippen molar-refractivity contribution in [3.63, 3.8) is 0 Å². The number of amides is 1. The number of nitrogens with one attached hydrogen (secondary N) is 1. The molecule has 9 nitrogen and oxygen atoms in total. The fourth-order valence-electron chi connectivity index (χ4n) is 1.90. The summed E-state index contributed by atoms with van der Waals surface area (Å²) >= 11 is 6.93. The van der Waals surface area contributed by atoms with Crippen LogP contribution in [0.5, 0.6) is 0 Å². The van der Waals surface area contributed by atoms with Crippen LogP contribution in [0.4, 0.5) is 5.69 Å². The van der Waals surface area contributed by atoms with Gasteiger partial charge in [0.2, 0.25) is 11.1 Å². The molecule has 26 heavy (non-hydrogen) atoms. The van der Waals surface area contributed by atoms with Crippen molar-refractivity contribution in [3.05, 3.63) is 44.8 Å². The molecule has 0 spiro atoms. The minimum absolute atomic E-state index is 0.0435. The number of aromatic nitrogens is 3. The summed E-state index contributed by atoms with van der Waals surface area (Å²) in [6, 6.07) is 5.14. The molecule has 0 atom stereocenters. The number of benzene rings is 1. The standard InChI is InChI=1S/C15H16ClN5O4S/c1-8-2-3-9(6-10(8)16)18-12(22)7-26-15-20-19-11(4-5-13(23)24)14(25)21(15)17/h2-3,6H,4-5,7,17H2,1H3,(H,18,22)(H,23,24). The van der Waals surface area contributed by atoms with Crippen LogP contribution in [0.2, 0.25) is 5.02 Å². The number of hydrogen-bond acceptors (Lipinski definition) is 7. The number of carbonyl (C=O) groups is 2. The van der Waals surface area contributed by atoms with Gasteiger partial charge in [-0.15, -0.1) is 10.2 Å². The third-order valence-electron chi connectivity index (χ3n) is 3.29. The van der Waals surface area contributed by atoms with Crippen molar-refractivity contribution in [2.45, 2.75) is 24.9 Å². The van der Waals surface area contributed by atoms with Crippen LogP contribution in [0.1, 0.15) is 17.7 Å². The Kier molecular flexibility index (Phi) is 6.58. The Morgan fingerprint density at radius 2 is 2.12 bits per heavy atom. The van der Waals surface area contributed by atoms with Crippen molar-refractivity contribution in [2.75, 3.05) is 16.9 Å². The number of anilines is 1. The molecular weight excluding hydrogens is 382 g/mol. The van der Waals surface area contributed by atoms with Crippen molar-refractivity contribution >= 4 is 40.9 Å². The zero-order valence-electron chi connectivity index (χ0n) is 13.7. The Bertz CT molecular complexity index is 902. The van der Waals surface area contributed by atoms with Crippen molar-refractivity contribution < 1.29 is 14.7 Å². The van der Waals surface area contributed by atoms with E-state index in [9.17, 15) is 14.4 Å². The molecule has 0 radical (unpaired) electrons. The van der Waals surface area contributed by atoms with Gasteiger partial charge in [-0.05, 0) is 24.6 Å². The highest BCUT2D eigenvalue weighted by molar-refractivity contribution is 7.99. The molecule has 4 N–H and O–H groups in total. The molecule has 1 amide bonds. The minimum atomic E-state index is -1.05. The Balaban J connectivity index is 1.99. The van der Waals surface area contributed by atoms with Crippen molar-refractivity contribution in [3.8, 4) is 0 Å². The molecular formula is C15H16ClN5O4S. The van der Waals surface area contributed by atoms with E-state index in [1.807, 2.05) is 6.92 Å². The van der Waals surface area contributed by atoms with Crippen LogP contribution >= 0.6 is 23.4 Å². The number of nitrogens with two attached hydrogens (primary N) is 1. The second-order valence-corrected chi connectivity index (χ2v) is 6.65. The Labute approximate surface area is 157 Å². The second kappa shape index (κ2) is 8.68. The number of carboxylic acid groups (broad SMARTS) is 1. The van der Waals surface area contributed by atoms with Crippen LogP contribution in [0.25, 0.3) is 0 Å². The molecule has 1 heterocycles. The molecule has 2 aromatic rings. The highest BCUT2D eigenvalue weighted by atomic mass is 35.5. The number of nitrogens with zero attached hydrogens (tertiary/aromatic N) is 3. The summed E-state index contributed by atoms with van der Waals surface area (Å²) in [7, 11) is 0. The zero-order chi connectivity index (χ0) is 19.3. The van der Waals surface area contributed by atoms with Gasteiger partial charge in [-0.2, -0.15) is 4.68 Å². The highest BCUT2D eigenvalue weighted by Crippen LogP contribution is 2.20. The third-order valence-corrected chi connectivity index (χ3v) is 4.64. The molecule has 138 valence electrons. The lowest BCUT2D eigenvalue weighted by molar-refractivity contribution is -0.137. The smallest absolute Gasteiger partial charge is 0.303 e. The molecule has 0 fully saturated rings. The summed E-state index contributed by atoms with van der Waals surface area (Å²) in [6.45, 7) is 1.85. The van der Waals surface area contributed by atoms with Crippen molar-refractivity contribution in [1.29, 1.82) is 0 Å². The molecule has 11 heteroatoms. The lowest BCUT2D eigenvalue weighted by Gasteiger charge is -2.08. The van der Waals surface area contributed by atoms with E-state index >= 15 is 0 Å². The summed E-state index contributed by atoms with van der Waals surface area (Å²) in [5.74, 6) is 4.21. The van der Waals surface area contributed by atoms with Gasteiger partial charge in [0.25, 0.3) is 5.56 Å². The number of aliphatic carboxylic acids is 1. The summed E-state index contributed by atoms with van der Waals surface area (Å²) in [6.07, 6.45) is -0.324. The third kappa shape index (κ3) is 5.20. The van der Waals surface area contributed by atoms with Crippen LogP contribution in [0.15, 0.2) is 28.2 Å². The van der Waals surface area contributed by atoms with Gasteiger partial charge < -0.3 is 16.3 Å². The molecule has 0 saturated heterocycles. The quantitative estimate of drug-likeness (QED) is 0.465. The largest absolute Gasteiger partial charge is 0.481 e. The van der Waals surface area contributed by atoms with Crippen LogP contribution in [0.3, 0.4) is 0 Å². The molecule has 0 unspecified atom stereocenters. The van der Waals surface area contributed by atoms with E-state index in [-0.39, 0.29) is 35.4 Å². The van der Waals surface area contributed by atoms with E-state index in [0.29, 0.717) is 10.7 Å². The van der Waals surface area contributed by atoms with Gasteiger partial charge in [0, 0.05) is 17.1 Å². The van der Waals surface area contributed by atoms with E-state index < -0.39 is 11.5 Å². The van der Waals surface area contributed by atoms with E-state index in [2.05, 4.69) is 15.5 Å². The van der Waals surface area contributed by atoms with Crippen LogP contribution in [-0.4, -0.2) is 37.6 Å². The first-order chi connectivity index (χ1) is 12.3. The van der Waals surface area contributed by atoms with Gasteiger partial charge in [0.05, 0.1) is 12.2 Å².